The number of hydrogen-bond donors (Lipinski definition) is 4. The lowest BCUT2D eigenvalue weighted by molar-refractivity contribution is -0.305. The van der Waals surface area contributed by atoms with Gasteiger partial charge in [0, 0.05) is 13.0 Å². The molecule has 378 valence electrons. The Hall–Kier alpha value is -1.33. The maximum atomic E-state index is 12.9. The van der Waals surface area contributed by atoms with Crippen LogP contribution in [0.5, 0.6) is 0 Å². The number of esters is 1. The summed E-state index contributed by atoms with van der Waals surface area (Å²) in [6.07, 6.45) is 49.3. The maximum absolute atomic E-state index is 12.9. The van der Waals surface area contributed by atoms with E-state index >= 15 is 0 Å². The van der Waals surface area contributed by atoms with Crippen molar-refractivity contribution in [3.05, 3.63) is 24.3 Å². The van der Waals surface area contributed by atoms with Gasteiger partial charge in [0.2, 0.25) is 0 Å². The summed E-state index contributed by atoms with van der Waals surface area (Å²) < 4.78 is 22.9. The van der Waals surface area contributed by atoms with Crippen molar-refractivity contribution in [3.63, 3.8) is 0 Å². The average Bonchev–Trinajstić information content (AvgIpc) is 3.30. The highest BCUT2D eigenvalue weighted by atomic mass is 16.7. The highest BCUT2D eigenvalue weighted by Crippen LogP contribution is 2.23. The van der Waals surface area contributed by atoms with Crippen molar-refractivity contribution in [1.82, 2.24) is 0 Å². The van der Waals surface area contributed by atoms with Crippen LogP contribution in [0.3, 0.4) is 0 Å². The van der Waals surface area contributed by atoms with E-state index in [0.717, 1.165) is 38.5 Å². The van der Waals surface area contributed by atoms with Gasteiger partial charge in [0.1, 0.15) is 30.5 Å². The van der Waals surface area contributed by atoms with E-state index in [4.69, 9.17) is 18.9 Å². The van der Waals surface area contributed by atoms with E-state index in [-0.39, 0.29) is 19.2 Å². The number of rotatable bonds is 48. The number of unbranched alkanes of at least 4 members (excludes halogenated alkanes) is 33. The van der Waals surface area contributed by atoms with Gasteiger partial charge in [-0.3, -0.25) is 4.79 Å². The number of carbonyl (C=O) groups is 1. The number of ether oxygens (including phenoxy) is 4. The van der Waals surface area contributed by atoms with Gasteiger partial charge < -0.3 is 39.4 Å². The number of allylic oxidation sites excluding steroid dienone is 4. The summed E-state index contributed by atoms with van der Waals surface area (Å²) in [6, 6.07) is 0. The molecule has 0 spiro atoms. The summed E-state index contributed by atoms with van der Waals surface area (Å²) in [6.45, 7) is 4.58. The second-order valence-electron chi connectivity index (χ2n) is 19.0. The first-order valence-electron chi connectivity index (χ1n) is 27.4. The number of hydrogen-bond acceptors (Lipinski definition) is 9. The van der Waals surface area contributed by atoms with E-state index in [1.165, 1.54) is 199 Å². The zero-order valence-electron chi connectivity index (χ0n) is 41.8. The third kappa shape index (κ3) is 36.7. The molecule has 4 N–H and O–H groups in total. The number of carbonyl (C=O) groups excluding carboxylic acids is 1. The molecule has 0 amide bonds. The smallest absolute Gasteiger partial charge is 0.306 e. The van der Waals surface area contributed by atoms with Crippen LogP contribution in [-0.4, -0.2) is 89.6 Å². The summed E-state index contributed by atoms with van der Waals surface area (Å²) in [4.78, 5) is 12.9. The molecule has 1 aliphatic rings. The van der Waals surface area contributed by atoms with Gasteiger partial charge in [0.25, 0.3) is 0 Å². The molecule has 9 heteroatoms. The van der Waals surface area contributed by atoms with Crippen LogP contribution >= 0.6 is 0 Å². The molecule has 6 unspecified atom stereocenters. The first-order chi connectivity index (χ1) is 31.4. The van der Waals surface area contributed by atoms with Crippen LogP contribution in [0.2, 0.25) is 0 Å². The number of aliphatic hydroxyl groups excluding tert-OH is 4. The van der Waals surface area contributed by atoms with Gasteiger partial charge >= 0.3 is 5.97 Å². The second-order valence-corrected chi connectivity index (χ2v) is 19.0. The molecule has 0 radical (unpaired) electrons. The Morgan fingerprint density at radius 2 is 0.906 bits per heavy atom. The van der Waals surface area contributed by atoms with E-state index in [9.17, 15) is 25.2 Å². The highest BCUT2D eigenvalue weighted by molar-refractivity contribution is 5.69. The molecule has 64 heavy (non-hydrogen) atoms. The maximum Gasteiger partial charge on any atom is 0.306 e. The van der Waals surface area contributed by atoms with Crippen LogP contribution in [0, 0.1) is 0 Å². The summed E-state index contributed by atoms with van der Waals surface area (Å²) in [5, 5.41) is 40.3. The van der Waals surface area contributed by atoms with Crippen LogP contribution in [0.4, 0.5) is 0 Å². The second kappa shape index (κ2) is 46.8. The van der Waals surface area contributed by atoms with Crippen molar-refractivity contribution in [1.29, 1.82) is 0 Å². The fourth-order valence-electron chi connectivity index (χ4n) is 8.58. The van der Waals surface area contributed by atoms with Crippen molar-refractivity contribution in [2.45, 2.75) is 295 Å². The van der Waals surface area contributed by atoms with Crippen LogP contribution in [0.25, 0.3) is 0 Å². The molecule has 1 aliphatic heterocycles. The van der Waals surface area contributed by atoms with Gasteiger partial charge in [-0.05, 0) is 44.9 Å². The molecule has 6 atom stereocenters. The molecule has 1 rings (SSSR count). The normalized spacial score (nSPS) is 19.6. The highest BCUT2D eigenvalue weighted by Gasteiger charge is 2.44. The van der Waals surface area contributed by atoms with E-state index in [1.54, 1.807) is 0 Å². The van der Waals surface area contributed by atoms with Gasteiger partial charge in [0.05, 0.1) is 19.8 Å². The average molecular weight is 909 g/mol. The van der Waals surface area contributed by atoms with E-state index in [1.807, 2.05) is 0 Å². The predicted octanol–water partition coefficient (Wildman–Crippen LogP) is 13.7. The topological polar surface area (TPSA) is 135 Å². The molecular weight excluding hydrogens is 805 g/mol. The molecule has 1 heterocycles. The molecule has 1 saturated heterocycles. The molecule has 0 aromatic carbocycles. The fourth-order valence-corrected chi connectivity index (χ4v) is 8.58. The van der Waals surface area contributed by atoms with Gasteiger partial charge in [-0.25, -0.2) is 0 Å². The molecule has 0 bridgehead atoms. The SMILES string of the molecule is CCCCC/C=C\C/C=C\CCCCCCCCCCCCOCC(COC1OC(CO)C(O)C(O)C1O)OC(=O)CCCCCCCCCCCCCCCCCCCCCCC. The summed E-state index contributed by atoms with van der Waals surface area (Å²) in [7, 11) is 0. The lowest BCUT2D eigenvalue weighted by atomic mass is 9.99. The molecule has 9 nitrogen and oxygen atoms in total. The van der Waals surface area contributed by atoms with Gasteiger partial charge in [-0.1, -0.05) is 231 Å². The third-order valence-corrected chi connectivity index (χ3v) is 12.9. The predicted molar refractivity (Wildman–Crippen MR) is 265 cm³/mol. The molecule has 0 aromatic rings. The van der Waals surface area contributed by atoms with E-state index in [2.05, 4.69) is 38.2 Å². The van der Waals surface area contributed by atoms with Crippen molar-refractivity contribution >= 4 is 5.97 Å². The molecule has 0 saturated carbocycles. The minimum absolute atomic E-state index is 0.110. The molecular formula is C55H104O9. The first kappa shape index (κ1) is 60.7. The lowest BCUT2D eigenvalue weighted by Crippen LogP contribution is -2.59. The Morgan fingerprint density at radius 1 is 0.500 bits per heavy atom. The summed E-state index contributed by atoms with van der Waals surface area (Å²) >= 11 is 0. The molecule has 0 aliphatic carbocycles. The van der Waals surface area contributed by atoms with Crippen molar-refractivity contribution in [2.75, 3.05) is 26.4 Å². The van der Waals surface area contributed by atoms with Crippen LogP contribution in [0.1, 0.15) is 258 Å². The zero-order chi connectivity index (χ0) is 46.4. The molecule has 0 aromatic heterocycles. The summed E-state index contributed by atoms with van der Waals surface area (Å²) in [5.74, 6) is -0.308. The largest absolute Gasteiger partial charge is 0.457 e. The lowest BCUT2D eigenvalue weighted by Gasteiger charge is -2.39. The van der Waals surface area contributed by atoms with E-state index < -0.39 is 43.4 Å². The fraction of sp³-hybridized carbons (Fsp3) is 0.909. The third-order valence-electron chi connectivity index (χ3n) is 12.9. The standard InChI is InChI=1S/C55H104O9/c1-3-5-7-9-11-13-15-17-19-21-23-25-26-28-30-32-34-36-38-40-42-44-51(57)63-49(48-62-55-54(60)53(59)52(58)50(46-56)64-55)47-61-45-43-41-39-37-35-33-31-29-27-24-22-20-18-16-14-12-10-8-6-4-2/h12,14,18,20,49-50,52-56,58-60H,3-11,13,15-17,19,21-48H2,1-2H3/b14-12-,20-18-. The number of aliphatic hydroxyl groups is 4. The van der Waals surface area contributed by atoms with Crippen LogP contribution in [0.15, 0.2) is 24.3 Å². The first-order valence-corrected chi connectivity index (χ1v) is 27.4. The monoisotopic (exact) mass is 909 g/mol. The Labute approximate surface area is 394 Å². The Kier molecular flexibility index (Phi) is 44.3. The Bertz CT molecular complexity index is 1040. The minimum Gasteiger partial charge on any atom is -0.457 e. The van der Waals surface area contributed by atoms with Crippen LogP contribution in [-0.2, 0) is 23.7 Å². The van der Waals surface area contributed by atoms with Crippen molar-refractivity contribution in [2.24, 2.45) is 0 Å². The Morgan fingerprint density at radius 3 is 1.38 bits per heavy atom. The van der Waals surface area contributed by atoms with Crippen LogP contribution < -0.4 is 0 Å². The van der Waals surface area contributed by atoms with Gasteiger partial charge in [0.15, 0.2) is 6.29 Å². The van der Waals surface area contributed by atoms with Crippen molar-refractivity contribution < 1.29 is 44.2 Å². The van der Waals surface area contributed by atoms with Gasteiger partial charge in [-0.15, -0.1) is 0 Å². The Balaban J connectivity index is 2.17. The van der Waals surface area contributed by atoms with Gasteiger partial charge in [-0.2, -0.15) is 0 Å². The minimum atomic E-state index is -1.53. The zero-order valence-corrected chi connectivity index (χ0v) is 41.8. The van der Waals surface area contributed by atoms with Crippen molar-refractivity contribution in [3.8, 4) is 0 Å². The van der Waals surface area contributed by atoms with E-state index in [0.29, 0.717) is 13.0 Å². The molecule has 1 fully saturated rings. The quantitative estimate of drug-likeness (QED) is 0.0267. The summed E-state index contributed by atoms with van der Waals surface area (Å²) in [5.41, 5.74) is 0.